The number of nitrogens with one attached hydrogen (secondary N) is 1. The molecule has 7 heteroatoms. The van der Waals surface area contributed by atoms with Crippen LogP contribution < -0.4 is 5.32 Å². The smallest absolute Gasteiger partial charge is 0.183 e. The number of aryl methyl sites for hydroxylation is 1. The van der Waals surface area contributed by atoms with E-state index in [0.717, 1.165) is 16.1 Å². The van der Waals surface area contributed by atoms with E-state index >= 15 is 0 Å². The first-order chi connectivity index (χ1) is 9.04. The van der Waals surface area contributed by atoms with Gasteiger partial charge in [0, 0.05) is 16.8 Å². The molecule has 1 aromatic heterocycles. The standard InChI is InChI=1S/C12H11ClN2O2S2/c13-12-15-7-10(18-12)6-14-9-2-1-8-3-4-19(16,17)11(8)5-9/h1-2,5,7,14H,3-4,6H2. The lowest BCUT2D eigenvalue weighted by molar-refractivity contribution is 0.600. The molecule has 2 heterocycles. The minimum absolute atomic E-state index is 0.218. The van der Waals surface area contributed by atoms with Gasteiger partial charge in [-0.05, 0) is 24.1 Å². The fourth-order valence-electron chi connectivity index (χ4n) is 2.07. The van der Waals surface area contributed by atoms with Crippen LogP contribution in [0.15, 0.2) is 29.3 Å². The van der Waals surface area contributed by atoms with Gasteiger partial charge in [-0.25, -0.2) is 13.4 Å². The number of hydrogen-bond donors (Lipinski definition) is 1. The second-order valence-corrected chi connectivity index (χ2v) is 8.10. The van der Waals surface area contributed by atoms with Gasteiger partial charge in [-0.1, -0.05) is 17.7 Å². The van der Waals surface area contributed by atoms with Crippen molar-refractivity contribution < 1.29 is 8.42 Å². The molecule has 0 fully saturated rings. The maximum absolute atomic E-state index is 11.8. The molecule has 0 atom stereocenters. The van der Waals surface area contributed by atoms with E-state index in [4.69, 9.17) is 11.6 Å². The van der Waals surface area contributed by atoms with Gasteiger partial charge in [0.1, 0.15) is 0 Å². The summed E-state index contributed by atoms with van der Waals surface area (Å²) in [5, 5.41) is 3.19. The molecule has 0 spiro atoms. The van der Waals surface area contributed by atoms with E-state index in [1.165, 1.54) is 11.3 Å². The van der Waals surface area contributed by atoms with Crippen molar-refractivity contribution in [1.82, 2.24) is 4.98 Å². The van der Waals surface area contributed by atoms with Gasteiger partial charge >= 0.3 is 0 Å². The lowest BCUT2D eigenvalue weighted by Gasteiger charge is -2.06. The van der Waals surface area contributed by atoms with Gasteiger partial charge in [0.25, 0.3) is 0 Å². The zero-order chi connectivity index (χ0) is 13.5. The number of nitrogens with zero attached hydrogens (tertiary/aromatic N) is 1. The highest BCUT2D eigenvalue weighted by Crippen LogP contribution is 2.29. The number of sulfone groups is 1. The third-order valence-electron chi connectivity index (χ3n) is 3.03. The molecule has 0 saturated heterocycles. The summed E-state index contributed by atoms with van der Waals surface area (Å²) >= 11 is 7.16. The van der Waals surface area contributed by atoms with Crippen LogP contribution in [0.1, 0.15) is 10.4 Å². The molecular formula is C12H11ClN2O2S2. The highest BCUT2D eigenvalue weighted by atomic mass is 35.5. The van der Waals surface area contributed by atoms with Gasteiger partial charge < -0.3 is 5.32 Å². The minimum Gasteiger partial charge on any atom is -0.380 e. The Morgan fingerprint density at radius 3 is 3.00 bits per heavy atom. The second kappa shape index (κ2) is 4.77. The topological polar surface area (TPSA) is 59.1 Å². The van der Waals surface area contributed by atoms with E-state index in [-0.39, 0.29) is 5.75 Å². The van der Waals surface area contributed by atoms with Crippen molar-refractivity contribution in [1.29, 1.82) is 0 Å². The van der Waals surface area contributed by atoms with Crippen LogP contribution in [-0.2, 0) is 22.8 Å². The van der Waals surface area contributed by atoms with Crippen molar-refractivity contribution in [3.63, 3.8) is 0 Å². The first-order valence-electron chi connectivity index (χ1n) is 5.74. The Hall–Kier alpha value is -1.11. The molecule has 0 bridgehead atoms. The van der Waals surface area contributed by atoms with Crippen molar-refractivity contribution >= 4 is 38.5 Å². The number of aromatic nitrogens is 1. The van der Waals surface area contributed by atoms with Crippen LogP contribution in [0.4, 0.5) is 5.69 Å². The molecule has 0 amide bonds. The van der Waals surface area contributed by atoms with E-state index in [1.54, 1.807) is 12.3 Å². The third kappa shape index (κ3) is 2.61. The van der Waals surface area contributed by atoms with Crippen LogP contribution in [0.3, 0.4) is 0 Å². The maximum atomic E-state index is 11.8. The molecule has 0 saturated carbocycles. The quantitative estimate of drug-likeness (QED) is 0.946. The summed E-state index contributed by atoms with van der Waals surface area (Å²) in [5.41, 5.74) is 1.71. The van der Waals surface area contributed by atoms with Gasteiger partial charge in [-0.3, -0.25) is 0 Å². The largest absolute Gasteiger partial charge is 0.380 e. The zero-order valence-corrected chi connectivity index (χ0v) is 12.3. The number of rotatable bonds is 3. The highest BCUT2D eigenvalue weighted by Gasteiger charge is 2.26. The molecule has 1 aromatic carbocycles. The second-order valence-electron chi connectivity index (χ2n) is 4.32. The molecule has 4 nitrogen and oxygen atoms in total. The van der Waals surface area contributed by atoms with E-state index in [0.29, 0.717) is 22.3 Å². The molecular weight excluding hydrogens is 304 g/mol. The Bertz CT molecular complexity index is 725. The predicted molar refractivity (Wildman–Crippen MR) is 76.6 cm³/mol. The van der Waals surface area contributed by atoms with E-state index in [1.807, 2.05) is 12.1 Å². The molecule has 1 N–H and O–H groups in total. The first-order valence-corrected chi connectivity index (χ1v) is 8.59. The summed E-state index contributed by atoms with van der Waals surface area (Å²) in [4.78, 5) is 5.42. The van der Waals surface area contributed by atoms with Crippen LogP contribution in [0.2, 0.25) is 4.47 Å². The molecule has 1 aliphatic rings. The van der Waals surface area contributed by atoms with Gasteiger partial charge in [0.2, 0.25) is 0 Å². The average molecular weight is 315 g/mol. The van der Waals surface area contributed by atoms with Crippen molar-refractivity contribution in [2.24, 2.45) is 0 Å². The Morgan fingerprint density at radius 2 is 2.26 bits per heavy atom. The highest BCUT2D eigenvalue weighted by molar-refractivity contribution is 7.91. The summed E-state index contributed by atoms with van der Waals surface area (Å²) in [6.07, 6.45) is 2.33. The van der Waals surface area contributed by atoms with Gasteiger partial charge in [0.05, 0.1) is 17.2 Å². The van der Waals surface area contributed by atoms with Gasteiger partial charge in [0.15, 0.2) is 14.3 Å². The molecule has 100 valence electrons. The molecule has 2 aromatic rings. The normalized spacial score (nSPS) is 16.3. The van der Waals surface area contributed by atoms with Gasteiger partial charge in [-0.2, -0.15) is 0 Å². The number of anilines is 1. The lowest BCUT2D eigenvalue weighted by Crippen LogP contribution is -2.01. The molecule has 3 rings (SSSR count). The predicted octanol–water partition coefficient (Wildman–Crippen LogP) is 2.74. The summed E-state index contributed by atoms with van der Waals surface area (Å²) in [7, 11) is -3.08. The van der Waals surface area contributed by atoms with Crippen molar-refractivity contribution in [2.45, 2.75) is 17.9 Å². The summed E-state index contributed by atoms with van der Waals surface area (Å²) in [6, 6.07) is 5.49. The lowest BCUT2D eigenvalue weighted by atomic mass is 10.1. The first kappa shape index (κ1) is 12.9. The van der Waals surface area contributed by atoms with E-state index < -0.39 is 9.84 Å². The van der Waals surface area contributed by atoms with Crippen LogP contribution >= 0.6 is 22.9 Å². The summed E-state index contributed by atoms with van der Waals surface area (Å²) in [5.74, 6) is 0.218. The average Bonchev–Trinajstić information content (AvgIpc) is 2.92. The minimum atomic E-state index is -3.08. The van der Waals surface area contributed by atoms with E-state index in [9.17, 15) is 8.42 Å². The van der Waals surface area contributed by atoms with Crippen molar-refractivity contribution in [3.05, 3.63) is 39.3 Å². The molecule has 0 unspecified atom stereocenters. The third-order valence-corrected chi connectivity index (χ3v) is 5.94. The van der Waals surface area contributed by atoms with E-state index in [2.05, 4.69) is 10.3 Å². The monoisotopic (exact) mass is 314 g/mol. The Kier molecular flexibility index (Phi) is 3.24. The maximum Gasteiger partial charge on any atom is 0.183 e. The SMILES string of the molecule is O=S1(=O)CCc2ccc(NCc3cnc(Cl)s3)cc21. The number of halogens is 1. The Balaban J connectivity index is 1.80. The number of thiazole rings is 1. The molecule has 19 heavy (non-hydrogen) atoms. The van der Waals surface area contributed by atoms with Crippen LogP contribution in [0.25, 0.3) is 0 Å². The number of fused-ring (bicyclic) bond motifs is 1. The Labute approximate surface area is 120 Å². The van der Waals surface area contributed by atoms with Crippen LogP contribution in [-0.4, -0.2) is 19.2 Å². The fourth-order valence-corrected chi connectivity index (χ4v) is 4.57. The molecule has 0 aliphatic carbocycles. The zero-order valence-electron chi connectivity index (χ0n) is 9.89. The molecule has 1 aliphatic heterocycles. The van der Waals surface area contributed by atoms with Crippen LogP contribution in [0.5, 0.6) is 0 Å². The fraction of sp³-hybridized carbons (Fsp3) is 0.250. The van der Waals surface area contributed by atoms with Crippen molar-refractivity contribution in [2.75, 3.05) is 11.1 Å². The molecule has 0 radical (unpaired) electrons. The van der Waals surface area contributed by atoms with Gasteiger partial charge in [-0.15, -0.1) is 11.3 Å². The number of benzene rings is 1. The summed E-state index contributed by atoms with van der Waals surface area (Å²) < 4.78 is 24.2. The van der Waals surface area contributed by atoms with Crippen LogP contribution in [0, 0.1) is 0 Å². The Morgan fingerprint density at radius 1 is 1.42 bits per heavy atom. The number of hydrogen-bond acceptors (Lipinski definition) is 5. The van der Waals surface area contributed by atoms with Crippen molar-refractivity contribution in [3.8, 4) is 0 Å². The summed E-state index contributed by atoms with van der Waals surface area (Å²) in [6.45, 7) is 0.587.